The summed E-state index contributed by atoms with van der Waals surface area (Å²) in [6.45, 7) is 0. The molecule has 6 heteroatoms. The Hall–Kier alpha value is -15.2. The Morgan fingerprint density at radius 3 is 0.544 bits per heavy atom. The first-order chi connectivity index (χ1) is 56.6. The number of para-hydroxylation sites is 10. The number of hydrogen-bond acceptors (Lipinski definition) is 2. The number of rotatable bonds is 14. The highest BCUT2D eigenvalue weighted by Gasteiger charge is 2.21. The Balaban J connectivity index is 0.000000143. The summed E-state index contributed by atoms with van der Waals surface area (Å²) in [5.41, 5.74) is 30.5. The molecule has 114 heavy (non-hydrogen) atoms. The van der Waals surface area contributed by atoms with Gasteiger partial charge >= 0.3 is 0 Å². The van der Waals surface area contributed by atoms with Crippen LogP contribution in [0.15, 0.2) is 449 Å². The van der Waals surface area contributed by atoms with Gasteiger partial charge in [-0.1, -0.05) is 255 Å². The summed E-state index contributed by atoms with van der Waals surface area (Å²) in [7, 11) is 0. The van der Waals surface area contributed by atoms with E-state index in [2.05, 4.69) is 477 Å². The van der Waals surface area contributed by atoms with Crippen LogP contribution in [0.25, 0.3) is 154 Å². The van der Waals surface area contributed by atoms with Gasteiger partial charge in [0.15, 0.2) is 0 Å². The SMILES string of the molecule is c1ccc(-n2c3ccc(-c4ccc(-n5c6ccccc6c6ccccc65)cc4)cc3c3cc(-c4ccc(-n5c6ccccc6c6ccccc65)cc4)ccc32)cc1.c1ccc(N(c2ccccc2)c2ccc(-c3ccc4c(c3)c3cc(-c5ccc(N(c6ccccc6)c6ccccc6)cc5)ccc3n4-c3ccccc3)cc2)cc1. The third-order valence-corrected chi connectivity index (χ3v) is 22.6. The summed E-state index contributed by atoms with van der Waals surface area (Å²) < 4.78 is 9.54. The largest absolute Gasteiger partial charge is 0.311 e. The van der Waals surface area contributed by atoms with Crippen LogP contribution in [0.3, 0.4) is 0 Å². The molecule has 0 saturated carbocycles. The maximum absolute atomic E-state index is 2.40. The van der Waals surface area contributed by atoms with Gasteiger partial charge in [-0.2, -0.15) is 0 Å². The monoisotopic (exact) mass is 1450 g/mol. The highest BCUT2D eigenvalue weighted by Crippen LogP contribution is 2.44. The fourth-order valence-corrected chi connectivity index (χ4v) is 17.3. The van der Waals surface area contributed by atoms with E-state index in [-0.39, 0.29) is 0 Å². The number of nitrogens with zero attached hydrogens (tertiary/aromatic N) is 6. The van der Waals surface area contributed by atoms with Crippen LogP contribution in [0, 0.1) is 0 Å². The Labute approximate surface area is 661 Å². The van der Waals surface area contributed by atoms with E-state index in [9.17, 15) is 0 Å². The fourth-order valence-electron chi connectivity index (χ4n) is 17.3. The third kappa shape index (κ3) is 11.9. The maximum atomic E-state index is 2.40. The van der Waals surface area contributed by atoms with Crippen molar-refractivity contribution in [2.45, 2.75) is 0 Å². The zero-order valence-electron chi connectivity index (χ0n) is 62.4. The summed E-state index contributed by atoms with van der Waals surface area (Å²) >= 11 is 0. The molecule has 0 radical (unpaired) electrons. The molecule has 22 aromatic rings. The molecule has 536 valence electrons. The van der Waals surface area contributed by atoms with E-state index < -0.39 is 0 Å². The van der Waals surface area contributed by atoms with E-state index in [1.54, 1.807) is 0 Å². The van der Waals surface area contributed by atoms with Crippen molar-refractivity contribution in [2.75, 3.05) is 9.80 Å². The second kappa shape index (κ2) is 28.6. The van der Waals surface area contributed by atoms with Crippen molar-refractivity contribution in [1.29, 1.82) is 0 Å². The molecule has 4 heterocycles. The Kier molecular flexibility index (Phi) is 16.8. The van der Waals surface area contributed by atoms with Gasteiger partial charge in [-0.25, -0.2) is 0 Å². The normalized spacial score (nSPS) is 11.5. The topological polar surface area (TPSA) is 26.2 Å². The molecule has 6 nitrogen and oxygen atoms in total. The third-order valence-electron chi connectivity index (χ3n) is 22.6. The van der Waals surface area contributed by atoms with Gasteiger partial charge in [0.25, 0.3) is 0 Å². The summed E-state index contributed by atoms with van der Waals surface area (Å²) in [6.07, 6.45) is 0. The molecule has 0 unspecified atom stereocenters. The quantitative estimate of drug-likeness (QED) is 0.108. The highest BCUT2D eigenvalue weighted by molar-refractivity contribution is 6.14. The first-order valence-electron chi connectivity index (χ1n) is 39.0. The minimum absolute atomic E-state index is 1.12. The van der Waals surface area contributed by atoms with Gasteiger partial charge < -0.3 is 28.1 Å². The van der Waals surface area contributed by atoms with Gasteiger partial charge in [-0.15, -0.1) is 0 Å². The van der Waals surface area contributed by atoms with Crippen LogP contribution in [-0.2, 0) is 0 Å². The molecule has 0 N–H and O–H groups in total. The fraction of sp³-hybridized carbons (Fsp3) is 0. The zero-order chi connectivity index (χ0) is 75.4. The zero-order valence-corrected chi connectivity index (χ0v) is 62.4. The molecular weight excluding hydrogens is 1380 g/mol. The minimum atomic E-state index is 1.12. The van der Waals surface area contributed by atoms with Crippen LogP contribution < -0.4 is 9.80 Å². The molecule has 0 bridgehead atoms. The number of hydrogen-bond donors (Lipinski definition) is 0. The first kappa shape index (κ1) is 66.9. The minimum Gasteiger partial charge on any atom is -0.311 e. The van der Waals surface area contributed by atoms with E-state index >= 15 is 0 Å². The van der Waals surface area contributed by atoms with E-state index in [0.717, 1.165) is 56.9 Å². The molecule has 0 amide bonds. The lowest BCUT2D eigenvalue weighted by Gasteiger charge is -2.25. The van der Waals surface area contributed by atoms with Crippen molar-refractivity contribution in [1.82, 2.24) is 18.3 Å². The Morgan fingerprint density at radius 1 is 0.123 bits per heavy atom. The van der Waals surface area contributed by atoms with Gasteiger partial charge in [0.05, 0.1) is 44.1 Å². The lowest BCUT2D eigenvalue weighted by atomic mass is 9.99. The van der Waals surface area contributed by atoms with Gasteiger partial charge in [0.2, 0.25) is 0 Å². The summed E-state index contributed by atoms with van der Waals surface area (Å²) in [5.74, 6) is 0. The van der Waals surface area contributed by atoms with Crippen molar-refractivity contribution in [3.05, 3.63) is 449 Å². The highest BCUT2D eigenvalue weighted by atomic mass is 15.1. The van der Waals surface area contributed by atoms with Crippen molar-refractivity contribution in [3.8, 4) is 67.3 Å². The van der Waals surface area contributed by atoms with Crippen molar-refractivity contribution in [3.63, 3.8) is 0 Å². The van der Waals surface area contributed by atoms with Crippen molar-refractivity contribution in [2.24, 2.45) is 0 Å². The molecule has 0 fully saturated rings. The lowest BCUT2D eigenvalue weighted by Crippen LogP contribution is -2.09. The van der Waals surface area contributed by atoms with Crippen molar-refractivity contribution < 1.29 is 0 Å². The molecule has 18 aromatic carbocycles. The molecule has 0 aliphatic rings. The van der Waals surface area contributed by atoms with Gasteiger partial charge in [0.1, 0.15) is 0 Å². The van der Waals surface area contributed by atoms with Crippen LogP contribution in [-0.4, -0.2) is 18.3 Å². The molecule has 22 rings (SSSR count). The van der Waals surface area contributed by atoms with Gasteiger partial charge in [0, 0.05) is 100.0 Å². The molecular formula is C108H74N6. The second-order valence-corrected chi connectivity index (χ2v) is 29.2. The van der Waals surface area contributed by atoms with Crippen LogP contribution >= 0.6 is 0 Å². The summed E-state index contributed by atoms with van der Waals surface area (Å²) in [4.78, 5) is 4.60. The van der Waals surface area contributed by atoms with E-state index in [4.69, 9.17) is 0 Å². The average Bonchev–Trinajstić information content (AvgIpc) is 1.59. The average molecular weight is 1460 g/mol. The number of benzene rings is 18. The van der Waals surface area contributed by atoms with Crippen molar-refractivity contribution >= 4 is 121 Å². The molecule has 4 aromatic heterocycles. The molecule has 0 aliphatic carbocycles. The Morgan fingerprint density at radius 2 is 0.298 bits per heavy atom. The molecule has 0 spiro atoms. The van der Waals surface area contributed by atoms with Crippen LogP contribution in [0.4, 0.5) is 34.1 Å². The van der Waals surface area contributed by atoms with Crippen LogP contribution in [0.2, 0.25) is 0 Å². The van der Waals surface area contributed by atoms with Crippen LogP contribution in [0.1, 0.15) is 0 Å². The molecule has 0 saturated heterocycles. The number of anilines is 6. The molecule has 0 atom stereocenters. The molecule has 0 aliphatic heterocycles. The predicted molar refractivity (Wildman–Crippen MR) is 481 cm³/mol. The first-order valence-corrected chi connectivity index (χ1v) is 39.0. The number of aromatic nitrogens is 4. The lowest BCUT2D eigenvalue weighted by molar-refractivity contribution is 1.18. The standard InChI is InChI=1S/C54H35N3.C54H39N3/c1-2-12-40(13-3-1)55-53-32-26-38(36-22-28-41(29-23-36)56-49-18-8-4-14-43(49)44-15-5-9-19-50(44)56)34-47(53)48-35-39(27-33-54(48)55)37-24-30-42(31-25-37)57-51-20-10-6-16-45(51)46-17-7-11-21-52(46)57;1-6-16-44(17-7-1)55(45-18-8-2-9-19-45)49-32-26-40(27-33-49)42-30-36-53-51(38-42)52-39-43(31-37-54(52)57(53)48-24-14-5-15-25-48)41-28-34-50(35-29-41)56(46-20-10-3-11-21-46)47-22-12-4-13-23-47/h1-35H;1-39H. The van der Waals surface area contributed by atoms with E-state index in [0.29, 0.717) is 0 Å². The smallest absolute Gasteiger partial charge is 0.0541 e. The summed E-state index contributed by atoms with van der Waals surface area (Å²) in [5, 5.41) is 10.0. The number of fused-ring (bicyclic) bond motifs is 12. The predicted octanol–water partition coefficient (Wildman–Crippen LogP) is 29.4. The summed E-state index contributed by atoms with van der Waals surface area (Å²) in [6, 6.07) is 162. The van der Waals surface area contributed by atoms with E-state index in [1.807, 2.05) is 0 Å². The van der Waals surface area contributed by atoms with Crippen LogP contribution in [0.5, 0.6) is 0 Å². The van der Waals surface area contributed by atoms with E-state index in [1.165, 1.54) is 132 Å². The van der Waals surface area contributed by atoms with Gasteiger partial charge in [-0.05, 0) is 239 Å². The van der Waals surface area contributed by atoms with Gasteiger partial charge in [-0.3, -0.25) is 0 Å². The Bertz CT molecular complexity index is 6690. The second-order valence-electron chi connectivity index (χ2n) is 29.2. The maximum Gasteiger partial charge on any atom is 0.0541 e.